The summed E-state index contributed by atoms with van der Waals surface area (Å²) in [6.45, 7) is 5.30. The number of halogens is 1. The molecule has 3 aromatic rings. The van der Waals surface area contributed by atoms with E-state index in [2.05, 4.69) is 22.1 Å². The number of rotatable bonds is 6. The first-order chi connectivity index (χ1) is 16.4. The summed E-state index contributed by atoms with van der Waals surface area (Å²) in [6.07, 6.45) is 2.69. The molecule has 0 aliphatic carbocycles. The van der Waals surface area contributed by atoms with Gasteiger partial charge in [-0.15, -0.1) is 0 Å². The number of carbonyl (C=O) groups excluding carboxylic acids is 2. The third-order valence-corrected chi connectivity index (χ3v) is 7.27. The zero-order chi connectivity index (χ0) is 23.8. The minimum absolute atomic E-state index is 0.0483. The maximum absolute atomic E-state index is 13.3. The average molecular weight is 478 g/mol. The van der Waals surface area contributed by atoms with Crippen LogP contribution in [-0.2, 0) is 11.2 Å². The van der Waals surface area contributed by atoms with Gasteiger partial charge >= 0.3 is 0 Å². The van der Waals surface area contributed by atoms with Gasteiger partial charge in [-0.05, 0) is 55.3 Å². The second-order valence-electron chi connectivity index (χ2n) is 9.30. The first-order valence-electron chi connectivity index (χ1n) is 11.6. The lowest BCUT2D eigenvalue weighted by Gasteiger charge is -2.23. The molecule has 5 rings (SSSR count). The summed E-state index contributed by atoms with van der Waals surface area (Å²) in [7, 11) is 0. The van der Waals surface area contributed by atoms with Gasteiger partial charge in [-0.25, -0.2) is 4.68 Å². The van der Waals surface area contributed by atoms with Gasteiger partial charge in [0.05, 0.1) is 23.1 Å². The Bertz CT molecular complexity index is 1210. The Morgan fingerprint density at radius 1 is 1.03 bits per heavy atom. The highest BCUT2D eigenvalue weighted by molar-refractivity contribution is 6.30. The van der Waals surface area contributed by atoms with Crippen molar-refractivity contribution < 1.29 is 9.59 Å². The molecule has 2 N–H and O–H groups in total. The predicted molar refractivity (Wildman–Crippen MR) is 132 cm³/mol. The smallest absolute Gasteiger partial charge is 0.257 e. The third-order valence-electron chi connectivity index (χ3n) is 7.02. The number of hydrogen-bond acceptors (Lipinski definition) is 4. The largest absolute Gasteiger partial charge is 0.371 e. The second-order valence-corrected chi connectivity index (χ2v) is 9.74. The molecule has 1 aromatic heterocycles. The van der Waals surface area contributed by atoms with E-state index in [0.29, 0.717) is 35.3 Å². The molecule has 0 bridgehead atoms. The second kappa shape index (κ2) is 9.14. The van der Waals surface area contributed by atoms with E-state index in [1.54, 1.807) is 10.9 Å². The highest BCUT2D eigenvalue weighted by Crippen LogP contribution is 2.35. The molecule has 2 unspecified atom stereocenters. The first-order valence-corrected chi connectivity index (χ1v) is 12.0. The summed E-state index contributed by atoms with van der Waals surface area (Å²) in [4.78, 5) is 28.8. The van der Waals surface area contributed by atoms with Gasteiger partial charge in [-0.3, -0.25) is 9.59 Å². The summed E-state index contributed by atoms with van der Waals surface area (Å²) in [5, 5.41) is 5.12. The fourth-order valence-electron chi connectivity index (χ4n) is 5.18. The molecular weight excluding hydrogens is 450 g/mol. The fraction of sp³-hybridized carbons (Fsp3) is 0.346. The van der Waals surface area contributed by atoms with Crippen molar-refractivity contribution in [2.24, 2.45) is 17.6 Å². The summed E-state index contributed by atoms with van der Waals surface area (Å²) in [6, 6.07) is 15.8. The molecule has 2 aliphatic heterocycles. The standard InChI is InChI=1S/C26H28ClN5O2/c1-17-24(12-29-32(17)22-8-6-21(27)7-9-22)26(34)31-15-19-13-30(14-20(19)16-31)23-4-2-3-18(11-23)5-10-25(28)33/h2-4,6-9,11-12,19-20H,5,10,13-16H2,1H3,(H2,28,33). The van der Waals surface area contributed by atoms with E-state index in [9.17, 15) is 9.59 Å². The van der Waals surface area contributed by atoms with Crippen molar-refractivity contribution in [2.45, 2.75) is 19.8 Å². The quantitative estimate of drug-likeness (QED) is 0.589. The van der Waals surface area contributed by atoms with Crippen LogP contribution >= 0.6 is 11.6 Å². The number of nitrogens with zero attached hydrogens (tertiary/aromatic N) is 4. The SMILES string of the molecule is Cc1c(C(=O)N2CC3CN(c4cccc(CCC(N)=O)c4)CC3C2)cnn1-c1ccc(Cl)cc1. The van der Waals surface area contributed by atoms with Crippen LogP contribution < -0.4 is 10.6 Å². The first kappa shape index (κ1) is 22.5. The Balaban J connectivity index is 1.23. The van der Waals surface area contributed by atoms with E-state index in [1.807, 2.05) is 48.2 Å². The van der Waals surface area contributed by atoms with E-state index in [0.717, 1.165) is 43.1 Å². The van der Waals surface area contributed by atoms with Gasteiger partial charge in [0.15, 0.2) is 0 Å². The third kappa shape index (κ3) is 4.40. The van der Waals surface area contributed by atoms with E-state index in [1.165, 1.54) is 5.69 Å². The summed E-state index contributed by atoms with van der Waals surface area (Å²) < 4.78 is 1.79. The van der Waals surface area contributed by atoms with E-state index in [-0.39, 0.29) is 11.8 Å². The van der Waals surface area contributed by atoms with Crippen molar-refractivity contribution in [2.75, 3.05) is 31.1 Å². The summed E-state index contributed by atoms with van der Waals surface area (Å²) in [5.74, 6) is 0.668. The van der Waals surface area contributed by atoms with Crippen LogP contribution in [0.3, 0.4) is 0 Å². The summed E-state index contributed by atoms with van der Waals surface area (Å²) in [5.41, 5.74) is 9.96. The zero-order valence-corrected chi connectivity index (χ0v) is 19.9. The Hall–Kier alpha value is -3.32. The Labute approximate surface area is 204 Å². The molecule has 2 atom stereocenters. The number of carbonyl (C=O) groups is 2. The topological polar surface area (TPSA) is 84.5 Å². The number of aryl methyl sites for hydroxylation is 1. The lowest BCUT2D eigenvalue weighted by atomic mass is 10.0. The van der Waals surface area contributed by atoms with Crippen molar-refractivity contribution in [3.63, 3.8) is 0 Å². The summed E-state index contributed by atoms with van der Waals surface area (Å²) >= 11 is 6.00. The van der Waals surface area contributed by atoms with Crippen molar-refractivity contribution in [3.05, 3.63) is 76.6 Å². The maximum atomic E-state index is 13.3. The van der Waals surface area contributed by atoms with E-state index in [4.69, 9.17) is 17.3 Å². The van der Waals surface area contributed by atoms with Crippen LogP contribution in [0.4, 0.5) is 5.69 Å². The predicted octanol–water partition coefficient (Wildman–Crippen LogP) is 3.46. The maximum Gasteiger partial charge on any atom is 0.257 e. The Morgan fingerprint density at radius 3 is 2.41 bits per heavy atom. The van der Waals surface area contributed by atoms with Crippen molar-refractivity contribution in [3.8, 4) is 5.69 Å². The molecule has 0 spiro atoms. The number of nitrogens with two attached hydrogens (primary N) is 1. The lowest BCUT2D eigenvalue weighted by molar-refractivity contribution is -0.117. The highest BCUT2D eigenvalue weighted by atomic mass is 35.5. The van der Waals surface area contributed by atoms with Gasteiger partial charge in [0.2, 0.25) is 5.91 Å². The number of aromatic nitrogens is 2. The number of fused-ring (bicyclic) bond motifs is 1. The van der Waals surface area contributed by atoms with Crippen LogP contribution in [0, 0.1) is 18.8 Å². The van der Waals surface area contributed by atoms with E-state index < -0.39 is 0 Å². The molecule has 2 amide bonds. The minimum atomic E-state index is -0.278. The number of primary amides is 1. The molecular formula is C26H28ClN5O2. The van der Waals surface area contributed by atoms with Gasteiger partial charge in [-0.2, -0.15) is 5.10 Å². The van der Waals surface area contributed by atoms with Gasteiger partial charge in [0.25, 0.3) is 5.91 Å². The van der Waals surface area contributed by atoms with Crippen LogP contribution in [0.1, 0.15) is 28.0 Å². The van der Waals surface area contributed by atoms with Crippen LogP contribution in [0.2, 0.25) is 5.02 Å². The van der Waals surface area contributed by atoms with Crippen LogP contribution in [0.15, 0.2) is 54.7 Å². The molecule has 2 aliphatic rings. The Kier molecular flexibility index (Phi) is 6.04. The van der Waals surface area contributed by atoms with Gasteiger partial charge in [0, 0.05) is 55.1 Å². The molecule has 7 nitrogen and oxygen atoms in total. The molecule has 2 aromatic carbocycles. The van der Waals surface area contributed by atoms with Gasteiger partial charge in [-0.1, -0.05) is 23.7 Å². The van der Waals surface area contributed by atoms with Crippen LogP contribution in [0.5, 0.6) is 0 Å². The number of amides is 2. The zero-order valence-electron chi connectivity index (χ0n) is 19.2. The average Bonchev–Trinajstić information content (AvgIpc) is 3.51. The highest BCUT2D eigenvalue weighted by Gasteiger charge is 2.42. The van der Waals surface area contributed by atoms with E-state index >= 15 is 0 Å². The van der Waals surface area contributed by atoms with Crippen LogP contribution in [0.25, 0.3) is 5.69 Å². The van der Waals surface area contributed by atoms with Gasteiger partial charge < -0.3 is 15.5 Å². The molecule has 8 heteroatoms. The molecule has 34 heavy (non-hydrogen) atoms. The number of anilines is 1. The number of benzene rings is 2. The van der Waals surface area contributed by atoms with Crippen molar-refractivity contribution in [1.82, 2.24) is 14.7 Å². The van der Waals surface area contributed by atoms with Crippen molar-refractivity contribution in [1.29, 1.82) is 0 Å². The normalized spacial score (nSPS) is 19.5. The minimum Gasteiger partial charge on any atom is -0.371 e. The number of likely N-dealkylation sites (tertiary alicyclic amines) is 1. The number of hydrogen-bond donors (Lipinski definition) is 1. The Morgan fingerprint density at radius 2 is 1.74 bits per heavy atom. The van der Waals surface area contributed by atoms with Crippen LogP contribution in [-0.4, -0.2) is 52.7 Å². The molecule has 2 saturated heterocycles. The molecule has 2 fully saturated rings. The molecule has 3 heterocycles. The fourth-order valence-corrected chi connectivity index (χ4v) is 5.30. The molecule has 176 valence electrons. The molecule has 0 radical (unpaired) electrons. The lowest BCUT2D eigenvalue weighted by Crippen LogP contribution is -2.33. The van der Waals surface area contributed by atoms with Gasteiger partial charge in [0.1, 0.15) is 0 Å². The van der Waals surface area contributed by atoms with Crippen molar-refractivity contribution >= 4 is 29.1 Å². The monoisotopic (exact) mass is 477 g/mol. The molecule has 0 saturated carbocycles.